The van der Waals surface area contributed by atoms with Crippen LogP contribution in [-0.4, -0.2) is 6.72 Å². The first-order chi connectivity index (χ1) is 22.0. The Hall–Kier alpha value is -1.11. The maximum Gasteiger partial charge on any atom is -0.000113 e. The van der Waals surface area contributed by atoms with Gasteiger partial charge in [-0.05, 0) is 118 Å². The van der Waals surface area contributed by atoms with Crippen molar-refractivity contribution in [1.82, 2.24) is 0 Å². The van der Waals surface area contributed by atoms with Gasteiger partial charge in [-0.3, -0.25) is 0 Å². The molecule has 0 aromatic heterocycles. The second-order valence-electron chi connectivity index (χ2n) is 15.7. The standard InChI is InChI=1S/C25H46.C4H10.2C4H8.C3H8.3C2H6.CH3N/c1-12-17(4)24(11)23(10,13-2)20(7)19(6)21-22(8,9)16-15-18(5)25(21,24)14-3;3*1-4(2)3;1-3-2;4*1-2/h18-21H,4,12-16H2,1-3,5-11H3;4H,1-3H3;2*1H2,2-3H3;3H2,1-2H3;3*1-2H3;2H,1H2. The van der Waals surface area contributed by atoms with E-state index in [1.165, 1.54) is 48.8 Å². The van der Waals surface area contributed by atoms with Crippen molar-refractivity contribution in [2.24, 2.45) is 51.2 Å². The summed E-state index contributed by atoms with van der Waals surface area (Å²) in [5.74, 6) is 3.92. The van der Waals surface area contributed by atoms with Crippen molar-refractivity contribution < 1.29 is 0 Å². The predicted octanol–water partition coefficient (Wildman–Crippen LogP) is 17.7. The number of hydrogen-bond donors (Lipinski definition) is 1. The van der Waals surface area contributed by atoms with E-state index in [2.05, 4.69) is 124 Å². The summed E-state index contributed by atoms with van der Waals surface area (Å²) in [6.07, 6.45) is 7.69. The van der Waals surface area contributed by atoms with Gasteiger partial charge in [0.1, 0.15) is 0 Å². The average Bonchev–Trinajstić information content (AvgIpc) is 3.03. The van der Waals surface area contributed by atoms with Crippen LogP contribution in [0, 0.1) is 56.7 Å². The molecule has 7 atom stereocenters. The highest BCUT2D eigenvalue weighted by Gasteiger charge is 2.71. The lowest BCUT2D eigenvalue weighted by molar-refractivity contribution is -0.252. The number of hydrogen-bond acceptors (Lipinski definition) is 1. The number of nitrogens with one attached hydrogen (secondary N) is 1. The molecule has 0 radical (unpaired) electrons. The summed E-state index contributed by atoms with van der Waals surface area (Å²) in [4.78, 5) is 0. The monoisotopic (exact) mass is 680 g/mol. The van der Waals surface area contributed by atoms with Gasteiger partial charge in [0.05, 0.1) is 0 Å². The normalized spacial score (nSPS) is 28.5. The summed E-state index contributed by atoms with van der Waals surface area (Å²) in [6, 6.07) is 0. The Bertz CT molecular complexity index is 734. The molecule has 0 aliphatic heterocycles. The summed E-state index contributed by atoms with van der Waals surface area (Å²) in [7, 11) is 0. The minimum atomic E-state index is 0.214. The van der Waals surface area contributed by atoms with E-state index in [0.717, 1.165) is 36.0 Å². The van der Waals surface area contributed by atoms with E-state index in [-0.39, 0.29) is 5.41 Å². The summed E-state index contributed by atoms with van der Waals surface area (Å²) in [5.41, 5.74) is 5.20. The maximum absolute atomic E-state index is 5.50. The lowest BCUT2D eigenvalue weighted by Gasteiger charge is -2.75. The van der Waals surface area contributed by atoms with Crippen molar-refractivity contribution in [3.63, 3.8) is 0 Å². The van der Waals surface area contributed by atoms with Gasteiger partial charge in [0.25, 0.3) is 0 Å². The van der Waals surface area contributed by atoms with E-state index in [1.54, 1.807) is 0 Å². The van der Waals surface area contributed by atoms with Gasteiger partial charge in [-0.2, -0.15) is 0 Å². The Kier molecular flexibility index (Phi) is 42.7. The van der Waals surface area contributed by atoms with Crippen LogP contribution in [0.3, 0.4) is 0 Å². The first-order valence-electron chi connectivity index (χ1n) is 20.3. The van der Waals surface area contributed by atoms with Gasteiger partial charge < -0.3 is 5.41 Å². The largest absolute Gasteiger partial charge is 0.317 e. The van der Waals surface area contributed by atoms with Crippen molar-refractivity contribution in [2.45, 2.75) is 212 Å². The number of rotatable bonds is 4. The SMILES string of the molecule is C=C(C)C.C=C(C)C.C=C(CC)C1(C)C(C)(CC)C(C)C(C)C2C(C)(C)CCC(C)C21CC.C=N.CC.CC.CC.CC(C)C.CCC. The molecule has 2 saturated carbocycles. The number of fused-ring (bicyclic) bond motifs is 1. The smallest absolute Gasteiger partial charge is 0.000113 e. The predicted molar refractivity (Wildman–Crippen MR) is 234 cm³/mol. The Labute approximate surface area is 310 Å². The molecule has 0 bridgehead atoms. The molecule has 1 N–H and O–H groups in total. The zero-order chi connectivity index (χ0) is 40.9. The third kappa shape index (κ3) is 18.2. The van der Waals surface area contributed by atoms with Gasteiger partial charge in [0, 0.05) is 0 Å². The molecule has 1 heteroatoms. The Morgan fingerprint density at radius 2 is 0.979 bits per heavy atom. The molecule has 0 aromatic rings. The van der Waals surface area contributed by atoms with Crippen LogP contribution >= 0.6 is 0 Å². The van der Waals surface area contributed by atoms with Crippen LogP contribution in [0.25, 0.3) is 0 Å². The summed E-state index contributed by atoms with van der Waals surface area (Å²) in [6.45, 7) is 70.4. The van der Waals surface area contributed by atoms with E-state index >= 15 is 0 Å². The molecule has 48 heavy (non-hydrogen) atoms. The van der Waals surface area contributed by atoms with E-state index in [9.17, 15) is 0 Å². The lowest BCUT2D eigenvalue weighted by Crippen LogP contribution is -2.69. The number of allylic oxidation sites excluding steroid dienone is 3. The molecule has 294 valence electrons. The van der Waals surface area contributed by atoms with E-state index in [0.29, 0.717) is 16.2 Å². The van der Waals surface area contributed by atoms with Crippen LogP contribution in [0.4, 0.5) is 0 Å². The van der Waals surface area contributed by atoms with Crippen LogP contribution in [0.2, 0.25) is 0 Å². The highest BCUT2D eigenvalue weighted by Crippen LogP contribution is 2.77. The second-order valence-corrected chi connectivity index (χ2v) is 15.7. The van der Waals surface area contributed by atoms with E-state index < -0.39 is 0 Å². The lowest BCUT2D eigenvalue weighted by atomic mass is 9.29. The Morgan fingerprint density at radius 3 is 1.21 bits per heavy atom. The molecule has 2 fully saturated rings. The van der Waals surface area contributed by atoms with Crippen molar-refractivity contribution >= 4 is 6.72 Å². The third-order valence-corrected chi connectivity index (χ3v) is 10.3. The van der Waals surface area contributed by atoms with Crippen LogP contribution in [0.5, 0.6) is 0 Å². The molecule has 2 aliphatic rings. The summed E-state index contributed by atoms with van der Waals surface area (Å²) < 4.78 is 0. The third-order valence-electron chi connectivity index (χ3n) is 10.3. The fourth-order valence-electron chi connectivity index (χ4n) is 8.53. The molecule has 1 nitrogen and oxygen atoms in total. The van der Waals surface area contributed by atoms with Crippen molar-refractivity contribution in [2.75, 3.05) is 0 Å². The molecule has 0 spiro atoms. The van der Waals surface area contributed by atoms with Gasteiger partial charge >= 0.3 is 0 Å². The summed E-state index contributed by atoms with van der Waals surface area (Å²) in [5, 5.41) is 5.50. The van der Waals surface area contributed by atoms with Crippen LogP contribution in [-0.2, 0) is 0 Å². The highest BCUT2D eigenvalue weighted by atomic mass is 14.7. The van der Waals surface area contributed by atoms with Crippen LogP contribution in [0.15, 0.2) is 36.5 Å². The molecular formula is C47H101N. The zero-order valence-corrected chi connectivity index (χ0v) is 39.0. The molecule has 2 aliphatic carbocycles. The van der Waals surface area contributed by atoms with Gasteiger partial charge in [-0.1, -0.05) is 175 Å². The Balaban J connectivity index is -0.000000120. The highest BCUT2D eigenvalue weighted by molar-refractivity contribution is 5.28. The first-order valence-corrected chi connectivity index (χ1v) is 20.3. The quantitative estimate of drug-likeness (QED) is 0.226. The molecule has 7 unspecified atom stereocenters. The topological polar surface area (TPSA) is 23.9 Å². The minimum absolute atomic E-state index is 0.214. The maximum atomic E-state index is 5.50. The molecule has 0 amide bonds. The summed E-state index contributed by atoms with van der Waals surface area (Å²) >= 11 is 0. The van der Waals surface area contributed by atoms with Crippen LogP contribution < -0.4 is 0 Å². The van der Waals surface area contributed by atoms with Crippen LogP contribution in [0.1, 0.15) is 212 Å². The van der Waals surface area contributed by atoms with Crippen molar-refractivity contribution in [3.8, 4) is 0 Å². The second kappa shape index (κ2) is 33.1. The van der Waals surface area contributed by atoms with Gasteiger partial charge in [-0.25, -0.2) is 0 Å². The average molecular weight is 680 g/mol. The van der Waals surface area contributed by atoms with Gasteiger partial charge in [0.2, 0.25) is 0 Å². The molecule has 0 saturated heterocycles. The van der Waals surface area contributed by atoms with E-state index in [1.807, 2.05) is 69.2 Å². The molecular weight excluding hydrogens is 579 g/mol. The fraction of sp³-hybridized carbons (Fsp3) is 0.851. The zero-order valence-electron chi connectivity index (χ0n) is 39.0. The van der Waals surface area contributed by atoms with Gasteiger partial charge in [0.15, 0.2) is 0 Å². The Morgan fingerprint density at radius 1 is 0.688 bits per heavy atom. The van der Waals surface area contributed by atoms with Crippen molar-refractivity contribution in [1.29, 1.82) is 5.41 Å². The minimum Gasteiger partial charge on any atom is -0.317 e. The van der Waals surface area contributed by atoms with E-state index in [4.69, 9.17) is 12.0 Å². The van der Waals surface area contributed by atoms with Gasteiger partial charge in [-0.15, -0.1) is 13.2 Å². The first kappa shape index (κ1) is 62.1. The molecule has 0 aromatic carbocycles. The fourth-order valence-corrected chi connectivity index (χ4v) is 8.53. The molecule has 0 heterocycles. The van der Waals surface area contributed by atoms with Crippen molar-refractivity contribution in [3.05, 3.63) is 36.5 Å². The molecule has 2 rings (SSSR count).